The van der Waals surface area contributed by atoms with Gasteiger partial charge in [0.15, 0.2) is 0 Å². The number of aromatic nitrogens is 2. The van der Waals surface area contributed by atoms with Gasteiger partial charge in [0.05, 0.1) is 5.69 Å². The molecule has 1 aliphatic heterocycles. The summed E-state index contributed by atoms with van der Waals surface area (Å²) >= 11 is 6.38. The highest BCUT2D eigenvalue weighted by Crippen LogP contribution is 2.46. The third-order valence-corrected chi connectivity index (χ3v) is 8.44. The highest BCUT2D eigenvalue weighted by molar-refractivity contribution is 6.19. The van der Waals surface area contributed by atoms with Crippen LogP contribution in [0.2, 0.25) is 0 Å². The second-order valence-electron chi connectivity index (χ2n) is 10.5. The van der Waals surface area contributed by atoms with Gasteiger partial charge in [0, 0.05) is 51.9 Å². The monoisotopic (exact) mass is 538 g/mol. The van der Waals surface area contributed by atoms with E-state index in [1.807, 2.05) is 54.6 Å². The number of carbonyl (C=O) groups is 2. The molecule has 2 aliphatic rings. The van der Waals surface area contributed by atoms with E-state index in [1.54, 1.807) is 11.0 Å². The van der Waals surface area contributed by atoms with Crippen molar-refractivity contribution >= 4 is 56.6 Å². The highest BCUT2D eigenvalue weighted by atomic mass is 35.5. The molecule has 39 heavy (non-hydrogen) atoms. The zero-order valence-electron chi connectivity index (χ0n) is 21.2. The molecule has 2 aromatic heterocycles. The van der Waals surface area contributed by atoms with Gasteiger partial charge in [-0.2, -0.15) is 0 Å². The molecule has 7 rings (SSSR count). The molecule has 5 aromatic rings. The number of alkyl halides is 1. The number of carbonyl (C=O) groups excluding carboxylic acids is 2. The fourth-order valence-electron chi connectivity index (χ4n) is 6.21. The molecule has 7 nitrogen and oxygen atoms in total. The minimum Gasteiger partial charge on any atom is -0.508 e. The lowest BCUT2D eigenvalue weighted by molar-refractivity contribution is 0.0982. The Hall–Kier alpha value is -4.23. The van der Waals surface area contributed by atoms with Crippen molar-refractivity contribution in [3.63, 3.8) is 0 Å². The van der Waals surface area contributed by atoms with Crippen LogP contribution in [0.25, 0.3) is 21.8 Å². The Balaban J connectivity index is 1.17. The second-order valence-corrected chi connectivity index (χ2v) is 10.8. The standard InChI is InChI=1S/C31H27ClN4O3/c32-15-19-16-36(27-14-28(37)21-6-2-3-7-22(21)29(19)27)31(39)26-13-18-11-20(9-10-24(18)35-26)33-30(38)25-12-17-5-1-4-8-23(17)34-25/h1,4-5,8-14,19,34-35,37H,2-3,6-7,15-16H2,(H,33,38). The van der Waals surface area contributed by atoms with Crippen LogP contribution >= 0.6 is 11.6 Å². The third kappa shape index (κ3) is 3.96. The van der Waals surface area contributed by atoms with Crippen LogP contribution in [0.4, 0.5) is 11.4 Å². The van der Waals surface area contributed by atoms with Gasteiger partial charge in [-0.25, -0.2) is 0 Å². The van der Waals surface area contributed by atoms with Crippen molar-refractivity contribution in [1.82, 2.24) is 9.97 Å². The maximum absolute atomic E-state index is 13.7. The van der Waals surface area contributed by atoms with Crippen molar-refractivity contribution in [3.05, 3.63) is 88.7 Å². The first-order valence-corrected chi connectivity index (χ1v) is 13.8. The molecule has 8 heteroatoms. The lowest BCUT2D eigenvalue weighted by atomic mass is 9.84. The Morgan fingerprint density at radius 1 is 0.923 bits per heavy atom. The summed E-state index contributed by atoms with van der Waals surface area (Å²) in [7, 11) is 0. The number of hydrogen-bond donors (Lipinski definition) is 4. The summed E-state index contributed by atoms with van der Waals surface area (Å²) in [6.45, 7) is 0.481. The van der Waals surface area contributed by atoms with Crippen molar-refractivity contribution in [2.45, 2.75) is 31.6 Å². The number of benzene rings is 3. The van der Waals surface area contributed by atoms with Gasteiger partial charge in [-0.3, -0.25) is 9.59 Å². The average Bonchev–Trinajstić information content (AvgIpc) is 3.67. The molecular formula is C31H27ClN4O3. The summed E-state index contributed by atoms with van der Waals surface area (Å²) in [5, 5.41) is 15.5. The number of phenolic OH excluding ortho intramolecular Hbond substituents is 1. The Bertz CT molecular complexity index is 1750. The molecule has 0 bridgehead atoms. The van der Waals surface area contributed by atoms with Gasteiger partial charge < -0.3 is 25.3 Å². The number of amides is 2. The van der Waals surface area contributed by atoms with E-state index in [0.717, 1.165) is 64.3 Å². The van der Waals surface area contributed by atoms with Crippen molar-refractivity contribution < 1.29 is 14.7 Å². The van der Waals surface area contributed by atoms with Crippen molar-refractivity contribution in [3.8, 4) is 5.75 Å². The number of aromatic amines is 2. The number of nitrogens with zero attached hydrogens (tertiary/aromatic N) is 1. The fourth-order valence-corrected chi connectivity index (χ4v) is 6.46. The van der Waals surface area contributed by atoms with Crippen molar-refractivity contribution in [2.24, 2.45) is 0 Å². The maximum atomic E-state index is 13.7. The van der Waals surface area contributed by atoms with E-state index in [2.05, 4.69) is 15.3 Å². The smallest absolute Gasteiger partial charge is 0.274 e. The summed E-state index contributed by atoms with van der Waals surface area (Å²) in [5.74, 6) is 0.317. The SMILES string of the molecule is O=C(Nc1ccc2[nH]c(C(=O)N3CC(CCl)c4c3cc(O)c3c4CCCC3)cc2c1)c1cc2ccccc2[nH]1. The van der Waals surface area contributed by atoms with Crippen molar-refractivity contribution in [1.29, 1.82) is 0 Å². The van der Waals surface area contributed by atoms with E-state index in [1.165, 1.54) is 5.56 Å². The Labute approximate surface area is 229 Å². The predicted molar refractivity (Wildman–Crippen MR) is 154 cm³/mol. The summed E-state index contributed by atoms with van der Waals surface area (Å²) in [5.41, 5.74) is 7.31. The van der Waals surface area contributed by atoms with Crippen LogP contribution < -0.4 is 10.2 Å². The number of nitrogens with one attached hydrogen (secondary N) is 3. The molecule has 1 aliphatic carbocycles. The largest absolute Gasteiger partial charge is 0.508 e. The summed E-state index contributed by atoms with van der Waals surface area (Å²) in [6.07, 6.45) is 3.90. The molecule has 1 unspecified atom stereocenters. The number of hydrogen-bond acceptors (Lipinski definition) is 3. The first kappa shape index (κ1) is 23.9. The van der Waals surface area contributed by atoms with Gasteiger partial charge in [-0.05, 0) is 78.8 Å². The molecule has 4 N–H and O–H groups in total. The molecule has 0 radical (unpaired) electrons. The third-order valence-electron chi connectivity index (χ3n) is 8.07. The Kier molecular flexibility index (Phi) is 5.63. The Morgan fingerprint density at radius 3 is 2.49 bits per heavy atom. The van der Waals surface area contributed by atoms with Crippen LogP contribution in [0.1, 0.15) is 56.4 Å². The summed E-state index contributed by atoms with van der Waals surface area (Å²) in [4.78, 5) is 34.7. The van der Waals surface area contributed by atoms with Crippen LogP contribution in [0.3, 0.4) is 0 Å². The lowest BCUT2D eigenvalue weighted by Crippen LogP contribution is -2.30. The van der Waals surface area contributed by atoms with Gasteiger partial charge in [-0.1, -0.05) is 18.2 Å². The van der Waals surface area contributed by atoms with E-state index in [0.29, 0.717) is 29.5 Å². The normalized spacial score (nSPS) is 16.4. The fraction of sp³-hybridized carbons (Fsp3) is 0.226. The zero-order valence-corrected chi connectivity index (χ0v) is 21.9. The van der Waals surface area contributed by atoms with Crippen molar-refractivity contribution in [2.75, 3.05) is 22.6 Å². The second kappa shape index (κ2) is 9.20. The van der Waals surface area contributed by atoms with E-state index in [9.17, 15) is 14.7 Å². The van der Waals surface area contributed by atoms with E-state index in [4.69, 9.17) is 11.6 Å². The molecular weight excluding hydrogens is 512 g/mol. The van der Waals surface area contributed by atoms with Crippen LogP contribution in [-0.2, 0) is 12.8 Å². The molecule has 196 valence electrons. The van der Waals surface area contributed by atoms with Crippen LogP contribution in [0, 0.1) is 0 Å². The lowest BCUT2D eigenvalue weighted by Gasteiger charge is -2.23. The van der Waals surface area contributed by atoms with Gasteiger partial charge in [0.1, 0.15) is 17.1 Å². The molecule has 3 heterocycles. The quantitative estimate of drug-likeness (QED) is 0.197. The molecule has 2 amide bonds. The number of phenols is 1. The van der Waals surface area contributed by atoms with Gasteiger partial charge >= 0.3 is 0 Å². The molecule has 0 fully saturated rings. The van der Waals surface area contributed by atoms with E-state index >= 15 is 0 Å². The Morgan fingerprint density at radius 2 is 1.67 bits per heavy atom. The topological polar surface area (TPSA) is 101 Å². The first-order chi connectivity index (χ1) is 19.0. The molecule has 0 saturated heterocycles. The van der Waals surface area contributed by atoms with Gasteiger partial charge in [0.25, 0.3) is 11.8 Å². The molecule has 0 saturated carbocycles. The number of anilines is 2. The predicted octanol–water partition coefficient (Wildman–Crippen LogP) is 6.47. The molecule has 3 aromatic carbocycles. The van der Waals surface area contributed by atoms with E-state index in [-0.39, 0.29) is 23.5 Å². The van der Waals surface area contributed by atoms with Crippen LogP contribution in [-0.4, -0.2) is 39.3 Å². The number of H-pyrrole nitrogens is 2. The molecule has 0 spiro atoms. The summed E-state index contributed by atoms with van der Waals surface area (Å²) in [6, 6.07) is 18.6. The number of para-hydroxylation sites is 1. The van der Waals surface area contributed by atoms with Gasteiger partial charge in [0.2, 0.25) is 0 Å². The highest BCUT2D eigenvalue weighted by Gasteiger charge is 2.37. The average molecular weight is 539 g/mol. The maximum Gasteiger partial charge on any atom is 0.274 e. The van der Waals surface area contributed by atoms with E-state index < -0.39 is 0 Å². The first-order valence-electron chi connectivity index (χ1n) is 13.3. The minimum absolute atomic E-state index is 0.0360. The summed E-state index contributed by atoms with van der Waals surface area (Å²) < 4.78 is 0. The van der Waals surface area contributed by atoms with Gasteiger partial charge in [-0.15, -0.1) is 11.6 Å². The number of halogens is 1. The number of rotatable bonds is 4. The molecule has 1 atom stereocenters. The van der Waals surface area contributed by atoms with Crippen LogP contribution in [0.5, 0.6) is 5.75 Å². The zero-order chi connectivity index (χ0) is 26.7. The van der Waals surface area contributed by atoms with Crippen LogP contribution in [0.15, 0.2) is 60.7 Å². The minimum atomic E-state index is -0.235. The number of aromatic hydroxyl groups is 1. The number of fused-ring (bicyclic) bond motifs is 5.